The van der Waals surface area contributed by atoms with Crippen molar-refractivity contribution in [2.75, 3.05) is 32.8 Å². The lowest BCUT2D eigenvalue weighted by Crippen LogP contribution is -2.52. The minimum absolute atomic E-state index is 0.161. The molecule has 0 aromatic heterocycles. The molecule has 5 heteroatoms. The molecule has 2 N–H and O–H groups in total. The standard InChI is InChI=1S/C20H36N2O3/c1-20(24)10-13-25-15-17(20)18-8-5-11-22(18)12-9-19(23)21-14-16-6-3-2-4-7-16/h16-18,24H,2-15H2,1H3,(H,21,23). The number of amides is 1. The van der Waals surface area contributed by atoms with Crippen molar-refractivity contribution in [3.8, 4) is 0 Å². The SMILES string of the molecule is CC1(O)CCOCC1C1CCCN1CCC(=O)NCC1CCCCC1. The fourth-order valence-corrected chi connectivity index (χ4v) is 4.95. The lowest BCUT2D eigenvalue weighted by atomic mass is 9.79. The molecule has 3 unspecified atom stereocenters. The van der Waals surface area contributed by atoms with E-state index in [0.29, 0.717) is 38.0 Å². The van der Waals surface area contributed by atoms with Crippen molar-refractivity contribution in [2.45, 2.75) is 76.4 Å². The van der Waals surface area contributed by atoms with E-state index in [1.165, 1.54) is 32.1 Å². The Balaban J connectivity index is 1.42. The van der Waals surface area contributed by atoms with E-state index in [1.54, 1.807) is 0 Å². The topological polar surface area (TPSA) is 61.8 Å². The number of nitrogens with one attached hydrogen (secondary N) is 1. The van der Waals surface area contributed by atoms with Crippen LogP contribution in [0.4, 0.5) is 0 Å². The maximum atomic E-state index is 12.2. The van der Waals surface area contributed by atoms with Crippen LogP contribution in [0.5, 0.6) is 0 Å². The molecule has 2 saturated heterocycles. The zero-order chi connectivity index (χ0) is 17.7. The summed E-state index contributed by atoms with van der Waals surface area (Å²) in [5, 5.41) is 13.9. The second-order valence-corrected chi connectivity index (χ2v) is 8.59. The zero-order valence-corrected chi connectivity index (χ0v) is 15.8. The first kappa shape index (κ1) is 19.1. The number of aliphatic hydroxyl groups is 1. The predicted octanol–water partition coefficient (Wildman–Crippen LogP) is 2.32. The van der Waals surface area contributed by atoms with Gasteiger partial charge in [0.15, 0.2) is 0 Å². The van der Waals surface area contributed by atoms with Gasteiger partial charge in [0, 0.05) is 38.1 Å². The van der Waals surface area contributed by atoms with Crippen molar-refractivity contribution in [3.63, 3.8) is 0 Å². The van der Waals surface area contributed by atoms with Gasteiger partial charge in [0.2, 0.25) is 5.91 Å². The monoisotopic (exact) mass is 352 g/mol. The summed E-state index contributed by atoms with van der Waals surface area (Å²) in [6, 6.07) is 0.349. The molecule has 0 aromatic carbocycles. The highest BCUT2D eigenvalue weighted by molar-refractivity contribution is 5.76. The highest BCUT2D eigenvalue weighted by Gasteiger charge is 2.43. The van der Waals surface area contributed by atoms with Gasteiger partial charge in [-0.1, -0.05) is 19.3 Å². The fourth-order valence-electron chi connectivity index (χ4n) is 4.95. The van der Waals surface area contributed by atoms with E-state index in [2.05, 4.69) is 10.2 Å². The number of hydrogen-bond donors (Lipinski definition) is 2. The Morgan fingerprint density at radius 3 is 2.80 bits per heavy atom. The summed E-state index contributed by atoms with van der Waals surface area (Å²) in [6.07, 6.45) is 10.1. The van der Waals surface area contributed by atoms with Gasteiger partial charge < -0.3 is 15.2 Å². The van der Waals surface area contributed by atoms with Gasteiger partial charge in [0.1, 0.15) is 0 Å². The van der Waals surface area contributed by atoms with Gasteiger partial charge in [-0.15, -0.1) is 0 Å². The van der Waals surface area contributed by atoms with Crippen LogP contribution in [0.2, 0.25) is 0 Å². The summed E-state index contributed by atoms with van der Waals surface area (Å²) in [4.78, 5) is 14.7. The van der Waals surface area contributed by atoms with Crippen LogP contribution >= 0.6 is 0 Å². The van der Waals surface area contributed by atoms with Crippen molar-refractivity contribution in [1.29, 1.82) is 0 Å². The van der Waals surface area contributed by atoms with Gasteiger partial charge in [-0.05, 0) is 51.5 Å². The third-order valence-electron chi connectivity index (χ3n) is 6.67. The number of nitrogens with zero attached hydrogens (tertiary/aromatic N) is 1. The zero-order valence-electron chi connectivity index (χ0n) is 15.8. The quantitative estimate of drug-likeness (QED) is 0.770. The van der Waals surface area contributed by atoms with E-state index in [9.17, 15) is 9.90 Å². The minimum Gasteiger partial charge on any atom is -0.390 e. The summed E-state index contributed by atoms with van der Waals surface area (Å²) >= 11 is 0. The molecular formula is C20H36N2O3. The van der Waals surface area contributed by atoms with Crippen molar-refractivity contribution in [2.24, 2.45) is 11.8 Å². The van der Waals surface area contributed by atoms with Crippen LogP contribution in [-0.4, -0.2) is 60.4 Å². The molecule has 1 saturated carbocycles. The lowest BCUT2D eigenvalue weighted by Gasteiger charge is -2.43. The Labute approximate surface area is 152 Å². The number of carbonyl (C=O) groups is 1. The molecule has 0 spiro atoms. The molecule has 0 radical (unpaired) electrons. The van der Waals surface area contributed by atoms with E-state index >= 15 is 0 Å². The van der Waals surface area contributed by atoms with Crippen molar-refractivity contribution in [3.05, 3.63) is 0 Å². The molecule has 1 aliphatic carbocycles. The largest absolute Gasteiger partial charge is 0.390 e. The Kier molecular flexibility index (Phi) is 6.75. The Bertz CT molecular complexity index is 435. The van der Waals surface area contributed by atoms with Crippen LogP contribution < -0.4 is 5.32 Å². The van der Waals surface area contributed by atoms with Crippen LogP contribution in [0.1, 0.15) is 64.7 Å². The molecule has 3 fully saturated rings. The van der Waals surface area contributed by atoms with Gasteiger partial charge >= 0.3 is 0 Å². The molecule has 0 bridgehead atoms. The van der Waals surface area contributed by atoms with E-state index in [-0.39, 0.29) is 11.8 Å². The fraction of sp³-hybridized carbons (Fsp3) is 0.950. The first-order valence-electron chi connectivity index (χ1n) is 10.4. The Morgan fingerprint density at radius 2 is 2.04 bits per heavy atom. The van der Waals surface area contributed by atoms with Crippen molar-refractivity contribution >= 4 is 5.91 Å². The Hall–Kier alpha value is -0.650. The van der Waals surface area contributed by atoms with Gasteiger partial charge in [0.25, 0.3) is 0 Å². The smallest absolute Gasteiger partial charge is 0.221 e. The van der Waals surface area contributed by atoms with Crippen LogP contribution in [0, 0.1) is 11.8 Å². The predicted molar refractivity (Wildman–Crippen MR) is 98.3 cm³/mol. The summed E-state index contributed by atoms with van der Waals surface area (Å²) < 4.78 is 5.64. The lowest BCUT2D eigenvalue weighted by molar-refractivity contribution is -0.126. The van der Waals surface area contributed by atoms with Gasteiger partial charge in [-0.3, -0.25) is 9.69 Å². The molecule has 3 rings (SSSR count). The summed E-state index contributed by atoms with van der Waals surface area (Å²) in [7, 11) is 0. The minimum atomic E-state index is -0.644. The Morgan fingerprint density at radius 1 is 1.24 bits per heavy atom. The average Bonchev–Trinajstić information content (AvgIpc) is 3.07. The van der Waals surface area contributed by atoms with Crippen molar-refractivity contribution in [1.82, 2.24) is 10.2 Å². The normalized spacial score (nSPS) is 35.0. The van der Waals surface area contributed by atoms with E-state index < -0.39 is 5.60 Å². The second-order valence-electron chi connectivity index (χ2n) is 8.59. The van der Waals surface area contributed by atoms with E-state index in [4.69, 9.17) is 4.74 Å². The molecule has 0 aromatic rings. The van der Waals surface area contributed by atoms with E-state index in [1.807, 2.05) is 6.92 Å². The third-order valence-corrected chi connectivity index (χ3v) is 6.67. The maximum absolute atomic E-state index is 12.2. The van der Waals surface area contributed by atoms with Gasteiger partial charge in [-0.2, -0.15) is 0 Å². The third kappa shape index (κ3) is 5.18. The van der Waals surface area contributed by atoms with Crippen LogP contribution in [0.25, 0.3) is 0 Å². The summed E-state index contributed by atoms with van der Waals surface area (Å²) in [5.41, 5.74) is -0.644. The summed E-state index contributed by atoms with van der Waals surface area (Å²) in [5.74, 6) is 1.03. The number of ether oxygens (including phenoxy) is 1. The molecule has 3 aliphatic rings. The highest BCUT2D eigenvalue weighted by Crippen LogP contribution is 2.35. The van der Waals surface area contributed by atoms with Crippen LogP contribution in [0.15, 0.2) is 0 Å². The van der Waals surface area contributed by atoms with Gasteiger partial charge in [0.05, 0.1) is 12.2 Å². The highest BCUT2D eigenvalue weighted by atomic mass is 16.5. The average molecular weight is 353 g/mol. The molecule has 3 atom stereocenters. The number of likely N-dealkylation sites (tertiary alicyclic amines) is 1. The van der Waals surface area contributed by atoms with Crippen LogP contribution in [-0.2, 0) is 9.53 Å². The molecular weight excluding hydrogens is 316 g/mol. The molecule has 1 amide bonds. The molecule has 2 heterocycles. The van der Waals surface area contributed by atoms with Crippen LogP contribution in [0.3, 0.4) is 0 Å². The van der Waals surface area contributed by atoms with Crippen molar-refractivity contribution < 1.29 is 14.6 Å². The molecule has 144 valence electrons. The number of hydrogen-bond acceptors (Lipinski definition) is 4. The summed E-state index contributed by atoms with van der Waals surface area (Å²) in [6.45, 7) is 5.93. The first-order chi connectivity index (χ1) is 12.1. The number of rotatable bonds is 6. The van der Waals surface area contributed by atoms with Gasteiger partial charge in [-0.25, -0.2) is 0 Å². The maximum Gasteiger partial charge on any atom is 0.221 e. The molecule has 25 heavy (non-hydrogen) atoms. The number of carbonyl (C=O) groups excluding carboxylic acids is 1. The first-order valence-corrected chi connectivity index (χ1v) is 10.4. The second kappa shape index (κ2) is 8.83. The molecule has 5 nitrogen and oxygen atoms in total. The van der Waals surface area contributed by atoms with E-state index in [0.717, 1.165) is 32.5 Å². The molecule has 2 aliphatic heterocycles.